The predicted octanol–water partition coefficient (Wildman–Crippen LogP) is 0.126. The minimum atomic E-state index is -0.268. The maximum atomic E-state index is 11.3. The summed E-state index contributed by atoms with van der Waals surface area (Å²) in [5, 5.41) is 4.24. The Kier molecular flexibility index (Phi) is 2.47. The van der Waals surface area contributed by atoms with E-state index >= 15 is 0 Å². The quantitative estimate of drug-likeness (QED) is 0.780. The van der Waals surface area contributed by atoms with Gasteiger partial charge in [0.1, 0.15) is 6.33 Å². The molecular weight excluding hydrogens is 262 g/mol. The topological polar surface area (TPSA) is 57.6 Å². The van der Waals surface area contributed by atoms with Crippen LogP contribution in [0.3, 0.4) is 0 Å². The summed E-state index contributed by atoms with van der Waals surface area (Å²) in [5.41, 5.74) is 0.540. The van der Waals surface area contributed by atoms with Crippen LogP contribution in [0.2, 0.25) is 0 Å². The van der Waals surface area contributed by atoms with Crippen molar-refractivity contribution in [2.24, 2.45) is 14.1 Å². The summed E-state index contributed by atoms with van der Waals surface area (Å²) in [6.07, 6.45) is 3.33. The van der Waals surface area contributed by atoms with Gasteiger partial charge in [-0.05, 0) is 15.9 Å². The smallest absolute Gasteiger partial charge is 0.274 e. The monoisotopic (exact) mass is 271 g/mol. The van der Waals surface area contributed by atoms with Crippen molar-refractivity contribution in [3.63, 3.8) is 0 Å². The average molecular weight is 272 g/mol. The summed E-state index contributed by atoms with van der Waals surface area (Å²) in [5.74, 6) is 0. The van der Waals surface area contributed by atoms with Gasteiger partial charge in [-0.15, -0.1) is 0 Å². The highest BCUT2D eigenvalue weighted by molar-refractivity contribution is 9.10. The van der Waals surface area contributed by atoms with Crippen LogP contribution in [0.5, 0.6) is 0 Å². The highest BCUT2D eigenvalue weighted by atomic mass is 79.9. The molecule has 0 bridgehead atoms. The van der Waals surface area contributed by atoms with Gasteiger partial charge < -0.3 is 0 Å². The van der Waals surface area contributed by atoms with Crippen LogP contribution < -0.4 is 5.69 Å². The standard InChI is InChI=1S/C8H10BrN5O/c1-12-3-6(9)7(11-12)4-14-8(15)10-5-13(14)2/h3,5H,4H2,1-2H3. The van der Waals surface area contributed by atoms with Gasteiger partial charge >= 0.3 is 5.69 Å². The summed E-state index contributed by atoms with van der Waals surface area (Å²) >= 11 is 3.38. The molecule has 80 valence electrons. The highest BCUT2D eigenvalue weighted by Gasteiger charge is 2.09. The molecule has 2 aromatic heterocycles. The highest BCUT2D eigenvalue weighted by Crippen LogP contribution is 2.14. The van der Waals surface area contributed by atoms with Gasteiger partial charge in [0.2, 0.25) is 0 Å². The van der Waals surface area contributed by atoms with Crippen LogP contribution in [0.15, 0.2) is 21.8 Å². The van der Waals surface area contributed by atoms with Crippen molar-refractivity contribution in [2.75, 3.05) is 0 Å². The number of rotatable bonds is 2. The lowest BCUT2D eigenvalue weighted by atomic mass is 10.4. The molecule has 0 aliphatic rings. The molecule has 2 aromatic rings. The van der Waals surface area contributed by atoms with Crippen LogP contribution in [0.1, 0.15) is 5.69 Å². The fourth-order valence-electron chi connectivity index (χ4n) is 1.33. The van der Waals surface area contributed by atoms with Gasteiger partial charge in [-0.1, -0.05) is 0 Å². The molecule has 0 radical (unpaired) electrons. The Labute approximate surface area is 94.3 Å². The minimum absolute atomic E-state index is 0.268. The summed E-state index contributed by atoms with van der Waals surface area (Å²) in [6, 6.07) is 0. The largest absolute Gasteiger partial charge is 0.364 e. The minimum Gasteiger partial charge on any atom is -0.274 e. The fraction of sp³-hybridized carbons (Fsp3) is 0.375. The van der Waals surface area contributed by atoms with E-state index in [-0.39, 0.29) is 5.69 Å². The lowest BCUT2D eigenvalue weighted by Crippen LogP contribution is -2.23. The van der Waals surface area contributed by atoms with Crippen LogP contribution in [0.25, 0.3) is 0 Å². The van der Waals surface area contributed by atoms with Crippen LogP contribution in [0.4, 0.5) is 0 Å². The van der Waals surface area contributed by atoms with Crippen LogP contribution in [0, 0.1) is 0 Å². The first kappa shape index (κ1) is 10.2. The van der Waals surface area contributed by atoms with Crippen molar-refractivity contribution in [3.05, 3.63) is 33.2 Å². The normalized spacial score (nSPS) is 10.9. The molecule has 6 nitrogen and oxygen atoms in total. The third-order valence-electron chi connectivity index (χ3n) is 2.09. The lowest BCUT2D eigenvalue weighted by molar-refractivity contribution is 0.524. The van der Waals surface area contributed by atoms with Crippen LogP contribution >= 0.6 is 15.9 Å². The molecule has 0 atom stereocenters. The van der Waals surface area contributed by atoms with E-state index in [0.29, 0.717) is 6.54 Å². The second kappa shape index (κ2) is 3.65. The van der Waals surface area contributed by atoms with E-state index < -0.39 is 0 Å². The first-order chi connectivity index (χ1) is 7.08. The first-order valence-electron chi connectivity index (χ1n) is 4.34. The number of halogens is 1. The number of hydrogen-bond acceptors (Lipinski definition) is 3. The second-order valence-corrected chi connectivity index (χ2v) is 4.11. The third-order valence-corrected chi connectivity index (χ3v) is 2.75. The Hall–Kier alpha value is -1.37. The van der Waals surface area contributed by atoms with E-state index in [2.05, 4.69) is 26.0 Å². The number of aryl methyl sites for hydroxylation is 2. The van der Waals surface area contributed by atoms with Gasteiger partial charge in [-0.2, -0.15) is 10.1 Å². The van der Waals surface area contributed by atoms with E-state index in [9.17, 15) is 4.79 Å². The van der Waals surface area contributed by atoms with Crippen molar-refractivity contribution in [3.8, 4) is 0 Å². The molecule has 0 N–H and O–H groups in total. The summed E-state index contributed by atoms with van der Waals surface area (Å²) < 4.78 is 5.73. The number of nitrogens with zero attached hydrogens (tertiary/aromatic N) is 5. The Morgan fingerprint density at radius 1 is 1.47 bits per heavy atom. The molecule has 2 heterocycles. The molecule has 15 heavy (non-hydrogen) atoms. The maximum absolute atomic E-state index is 11.3. The summed E-state index contributed by atoms with van der Waals surface area (Å²) in [6.45, 7) is 0.413. The zero-order valence-electron chi connectivity index (χ0n) is 8.38. The van der Waals surface area contributed by atoms with Gasteiger partial charge in [0, 0.05) is 20.3 Å². The van der Waals surface area contributed by atoms with E-state index in [4.69, 9.17) is 0 Å². The molecular formula is C8H10BrN5O. The first-order valence-corrected chi connectivity index (χ1v) is 5.13. The molecule has 0 unspecified atom stereocenters. The SMILES string of the molecule is Cn1cc(Br)c(Cn2c(=O)ncn2C)n1. The summed E-state index contributed by atoms with van der Waals surface area (Å²) in [4.78, 5) is 15.0. The molecule has 0 aromatic carbocycles. The van der Waals surface area contributed by atoms with Gasteiger partial charge in [-0.25, -0.2) is 9.48 Å². The fourth-order valence-corrected chi connectivity index (χ4v) is 1.83. The Bertz CT molecular complexity index is 537. The van der Waals surface area contributed by atoms with Crippen molar-refractivity contribution in [2.45, 2.75) is 6.54 Å². The molecule has 7 heteroatoms. The van der Waals surface area contributed by atoms with Crippen molar-refractivity contribution in [1.29, 1.82) is 0 Å². The van der Waals surface area contributed by atoms with Crippen molar-refractivity contribution < 1.29 is 0 Å². The second-order valence-electron chi connectivity index (χ2n) is 3.26. The van der Waals surface area contributed by atoms with E-state index in [1.807, 2.05) is 13.2 Å². The Morgan fingerprint density at radius 2 is 2.20 bits per heavy atom. The zero-order chi connectivity index (χ0) is 11.0. The van der Waals surface area contributed by atoms with Gasteiger partial charge in [-0.3, -0.25) is 9.36 Å². The molecule has 0 saturated carbocycles. The maximum Gasteiger partial charge on any atom is 0.364 e. The number of aromatic nitrogens is 5. The molecule has 0 fully saturated rings. The molecule has 2 rings (SSSR count). The Balaban J connectivity index is 2.37. The molecule has 0 spiro atoms. The average Bonchev–Trinajstić information content (AvgIpc) is 2.63. The van der Waals surface area contributed by atoms with Crippen molar-refractivity contribution >= 4 is 15.9 Å². The van der Waals surface area contributed by atoms with Crippen molar-refractivity contribution in [1.82, 2.24) is 24.1 Å². The van der Waals surface area contributed by atoms with Crippen LogP contribution in [-0.2, 0) is 20.6 Å². The van der Waals surface area contributed by atoms with E-state index in [1.165, 1.54) is 11.0 Å². The molecule has 0 aliphatic carbocycles. The zero-order valence-corrected chi connectivity index (χ0v) is 9.97. The van der Waals surface area contributed by atoms with Gasteiger partial charge in [0.05, 0.1) is 16.7 Å². The summed E-state index contributed by atoms with van der Waals surface area (Å²) in [7, 11) is 3.60. The molecule has 0 aliphatic heterocycles. The van der Waals surface area contributed by atoms with Gasteiger partial charge in [0.25, 0.3) is 0 Å². The van der Waals surface area contributed by atoms with E-state index in [0.717, 1.165) is 10.2 Å². The molecule has 0 saturated heterocycles. The van der Waals surface area contributed by atoms with E-state index in [1.54, 1.807) is 16.4 Å². The van der Waals surface area contributed by atoms with Crippen LogP contribution in [-0.4, -0.2) is 24.1 Å². The Morgan fingerprint density at radius 3 is 2.67 bits per heavy atom. The molecule has 0 amide bonds. The van der Waals surface area contributed by atoms with Gasteiger partial charge in [0.15, 0.2) is 0 Å². The predicted molar refractivity (Wildman–Crippen MR) is 57.5 cm³/mol. The third kappa shape index (κ3) is 1.87. The lowest BCUT2D eigenvalue weighted by Gasteiger charge is -2.03. The number of hydrogen-bond donors (Lipinski definition) is 0.